The molecule has 0 saturated heterocycles. The summed E-state index contributed by atoms with van der Waals surface area (Å²) in [6.07, 6.45) is 0. The van der Waals surface area contributed by atoms with Crippen LogP contribution in [0.15, 0.2) is 53.4 Å². The molecule has 0 atom stereocenters. The van der Waals surface area contributed by atoms with Gasteiger partial charge in [-0.05, 0) is 42.4 Å². The van der Waals surface area contributed by atoms with E-state index in [2.05, 4.69) is 35.4 Å². The molecule has 9 heteroatoms. The van der Waals surface area contributed by atoms with Crippen molar-refractivity contribution in [2.24, 2.45) is 0 Å². The molecule has 8 nitrogen and oxygen atoms in total. The van der Waals surface area contributed by atoms with Crippen LogP contribution < -0.4 is 10.6 Å². The van der Waals surface area contributed by atoms with Crippen molar-refractivity contribution >= 4 is 21.8 Å². The van der Waals surface area contributed by atoms with Crippen LogP contribution in [-0.4, -0.2) is 63.2 Å². The van der Waals surface area contributed by atoms with Gasteiger partial charge < -0.3 is 10.6 Å². The fraction of sp³-hybridized carbons (Fsp3) is 0.391. The topological polar surface area (TPSA) is 98.8 Å². The molecule has 0 aliphatic rings. The monoisotopic (exact) mass is 460 g/mol. The van der Waals surface area contributed by atoms with Crippen molar-refractivity contribution in [1.82, 2.24) is 19.8 Å². The van der Waals surface area contributed by atoms with E-state index in [-0.39, 0.29) is 22.9 Å². The Balaban J connectivity index is 1.94. The normalized spacial score (nSPS) is 11.6. The van der Waals surface area contributed by atoms with Crippen molar-refractivity contribution in [2.45, 2.75) is 31.8 Å². The third kappa shape index (κ3) is 6.88. The van der Waals surface area contributed by atoms with Gasteiger partial charge in [0, 0.05) is 32.7 Å². The molecule has 2 amide bonds. The van der Waals surface area contributed by atoms with E-state index in [4.69, 9.17) is 0 Å². The highest BCUT2D eigenvalue weighted by Crippen LogP contribution is 2.15. The highest BCUT2D eigenvalue weighted by molar-refractivity contribution is 7.89. The van der Waals surface area contributed by atoms with Gasteiger partial charge in [-0.15, -0.1) is 0 Å². The number of carbonyl (C=O) groups excluding carboxylic acids is 2. The summed E-state index contributed by atoms with van der Waals surface area (Å²) in [4.78, 5) is 27.0. The number of hydrogen-bond acceptors (Lipinski definition) is 5. The average Bonchev–Trinajstić information content (AvgIpc) is 2.80. The van der Waals surface area contributed by atoms with E-state index in [1.165, 1.54) is 38.4 Å². The molecule has 0 fully saturated rings. The first-order valence-electron chi connectivity index (χ1n) is 10.6. The molecular formula is C23H32N4O4S. The fourth-order valence-corrected chi connectivity index (χ4v) is 4.05. The Hall–Kier alpha value is -2.75. The SMILES string of the molecule is CCN(CC)Cc1ccccc1CNC(=O)CNC(=O)c1cccc(S(=O)(=O)N(C)C)c1. The smallest absolute Gasteiger partial charge is 0.251 e. The first-order valence-corrected chi connectivity index (χ1v) is 12.0. The maximum atomic E-state index is 12.4. The minimum atomic E-state index is -3.65. The molecule has 0 bridgehead atoms. The number of amides is 2. The quantitative estimate of drug-likeness (QED) is 0.533. The summed E-state index contributed by atoms with van der Waals surface area (Å²) in [6, 6.07) is 13.7. The van der Waals surface area contributed by atoms with Crippen LogP contribution in [0.1, 0.15) is 35.3 Å². The predicted molar refractivity (Wildman–Crippen MR) is 125 cm³/mol. The van der Waals surface area contributed by atoms with E-state index in [0.29, 0.717) is 6.54 Å². The molecule has 0 spiro atoms. The van der Waals surface area contributed by atoms with Crippen LogP contribution in [0.25, 0.3) is 0 Å². The number of sulfonamides is 1. The van der Waals surface area contributed by atoms with Crippen LogP contribution in [0, 0.1) is 0 Å². The maximum absolute atomic E-state index is 12.4. The third-order valence-electron chi connectivity index (χ3n) is 5.17. The summed E-state index contributed by atoms with van der Waals surface area (Å²) in [5.41, 5.74) is 2.35. The average molecular weight is 461 g/mol. The van der Waals surface area contributed by atoms with Crippen molar-refractivity contribution < 1.29 is 18.0 Å². The number of rotatable bonds is 11. The summed E-state index contributed by atoms with van der Waals surface area (Å²) in [7, 11) is -0.803. The van der Waals surface area contributed by atoms with Crippen LogP contribution in [0.2, 0.25) is 0 Å². The molecule has 0 aromatic heterocycles. The molecule has 0 heterocycles. The Kier molecular flexibility index (Phi) is 9.37. The molecular weight excluding hydrogens is 428 g/mol. The van der Waals surface area contributed by atoms with Gasteiger partial charge in [-0.25, -0.2) is 12.7 Å². The molecule has 0 unspecified atom stereocenters. The van der Waals surface area contributed by atoms with Crippen LogP contribution in [0.5, 0.6) is 0 Å². The van der Waals surface area contributed by atoms with Crippen LogP contribution in [-0.2, 0) is 27.9 Å². The second-order valence-electron chi connectivity index (χ2n) is 7.50. The summed E-state index contributed by atoms with van der Waals surface area (Å²) >= 11 is 0. The van der Waals surface area contributed by atoms with Gasteiger partial charge in [0.2, 0.25) is 15.9 Å². The molecule has 0 aliphatic heterocycles. The minimum absolute atomic E-state index is 0.0180. The zero-order chi connectivity index (χ0) is 23.7. The molecule has 174 valence electrons. The molecule has 0 saturated carbocycles. The molecule has 2 rings (SSSR count). The molecule has 2 aromatic carbocycles. The van der Waals surface area contributed by atoms with Crippen LogP contribution in [0.4, 0.5) is 0 Å². The van der Waals surface area contributed by atoms with E-state index in [0.717, 1.165) is 35.1 Å². The number of benzene rings is 2. The molecule has 2 aromatic rings. The van der Waals surface area contributed by atoms with Gasteiger partial charge in [-0.1, -0.05) is 44.2 Å². The van der Waals surface area contributed by atoms with Crippen molar-refractivity contribution in [3.05, 3.63) is 65.2 Å². The highest BCUT2D eigenvalue weighted by atomic mass is 32.2. The standard InChI is InChI=1S/C23H32N4O4S/c1-5-27(6-2)17-20-11-8-7-10-19(20)15-24-22(28)16-25-23(29)18-12-9-13-21(14-18)32(30,31)26(3)4/h7-14H,5-6,15-17H2,1-4H3,(H,24,28)(H,25,29). The van der Waals surface area contributed by atoms with Crippen molar-refractivity contribution in [1.29, 1.82) is 0 Å². The first kappa shape index (κ1) is 25.5. The molecule has 0 radical (unpaired) electrons. The van der Waals surface area contributed by atoms with Crippen molar-refractivity contribution in [2.75, 3.05) is 33.7 Å². The van der Waals surface area contributed by atoms with E-state index in [1.54, 1.807) is 0 Å². The van der Waals surface area contributed by atoms with Gasteiger partial charge in [-0.3, -0.25) is 14.5 Å². The van der Waals surface area contributed by atoms with Crippen LogP contribution in [0.3, 0.4) is 0 Å². The highest BCUT2D eigenvalue weighted by Gasteiger charge is 2.19. The Labute approximate surface area is 190 Å². The molecule has 2 N–H and O–H groups in total. The van der Waals surface area contributed by atoms with Crippen molar-refractivity contribution in [3.63, 3.8) is 0 Å². The molecule has 0 aliphatic carbocycles. The number of carbonyl (C=O) groups is 2. The van der Waals surface area contributed by atoms with E-state index in [1.807, 2.05) is 18.2 Å². The number of hydrogen-bond donors (Lipinski definition) is 2. The first-order chi connectivity index (χ1) is 15.2. The lowest BCUT2D eigenvalue weighted by atomic mass is 10.1. The van der Waals surface area contributed by atoms with E-state index in [9.17, 15) is 18.0 Å². The Bertz CT molecular complexity index is 1030. The lowest BCUT2D eigenvalue weighted by Gasteiger charge is -2.20. The zero-order valence-corrected chi connectivity index (χ0v) is 19.9. The van der Waals surface area contributed by atoms with Crippen LogP contribution >= 0.6 is 0 Å². The van der Waals surface area contributed by atoms with E-state index >= 15 is 0 Å². The van der Waals surface area contributed by atoms with Gasteiger partial charge in [0.1, 0.15) is 0 Å². The summed E-state index contributed by atoms with van der Waals surface area (Å²) in [6.45, 7) is 7.08. The lowest BCUT2D eigenvalue weighted by molar-refractivity contribution is -0.120. The van der Waals surface area contributed by atoms with Gasteiger partial charge >= 0.3 is 0 Å². The van der Waals surface area contributed by atoms with Gasteiger partial charge in [0.25, 0.3) is 5.91 Å². The number of nitrogens with zero attached hydrogens (tertiary/aromatic N) is 2. The zero-order valence-electron chi connectivity index (χ0n) is 19.1. The predicted octanol–water partition coefficient (Wildman–Crippen LogP) is 1.82. The molecule has 32 heavy (non-hydrogen) atoms. The van der Waals surface area contributed by atoms with E-state index < -0.39 is 15.9 Å². The Morgan fingerprint density at radius 1 is 0.906 bits per heavy atom. The Morgan fingerprint density at radius 2 is 1.56 bits per heavy atom. The van der Waals surface area contributed by atoms with Gasteiger partial charge in [-0.2, -0.15) is 0 Å². The second-order valence-corrected chi connectivity index (χ2v) is 9.66. The largest absolute Gasteiger partial charge is 0.350 e. The van der Waals surface area contributed by atoms with Gasteiger partial charge in [0.15, 0.2) is 0 Å². The fourth-order valence-electron chi connectivity index (χ4n) is 3.10. The summed E-state index contributed by atoms with van der Waals surface area (Å²) in [5.74, 6) is -0.842. The minimum Gasteiger partial charge on any atom is -0.350 e. The maximum Gasteiger partial charge on any atom is 0.251 e. The lowest BCUT2D eigenvalue weighted by Crippen LogP contribution is -2.37. The third-order valence-corrected chi connectivity index (χ3v) is 6.98. The van der Waals surface area contributed by atoms with Crippen molar-refractivity contribution in [3.8, 4) is 0 Å². The summed E-state index contributed by atoms with van der Waals surface area (Å²) < 4.78 is 25.6. The summed E-state index contributed by atoms with van der Waals surface area (Å²) in [5, 5.41) is 5.37. The van der Waals surface area contributed by atoms with Gasteiger partial charge in [0.05, 0.1) is 11.4 Å². The number of nitrogens with one attached hydrogen (secondary N) is 2. The Morgan fingerprint density at radius 3 is 2.19 bits per heavy atom. The second kappa shape index (κ2) is 11.8.